The van der Waals surface area contributed by atoms with Crippen LogP contribution in [0.4, 0.5) is 0 Å². The first-order valence-corrected chi connectivity index (χ1v) is 8.20. The van der Waals surface area contributed by atoms with Crippen LogP contribution in [0.25, 0.3) is 0 Å². The molecule has 0 amide bonds. The second-order valence-corrected chi connectivity index (χ2v) is 6.26. The van der Waals surface area contributed by atoms with Crippen LogP contribution >= 0.6 is 23.2 Å². The third-order valence-electron chi connectivity index (χ3n) is 4.15. The van der Waals surface area contributed by atoms with Gasteiger partial charge in [-0.15, -0.1) is 0 Å². The number of nitrogens with one attached hydrogen (secondary N) is 1. The number of hydrogen-bond donors (Lipinski definition) is 1. The molecule has 1 saturated heterocycles. The Morgan fingerprint density at radius 1 is 1.29 bits per heavy atom. The lowest BCUT2D eigenvalue weighted by molar-refractivity contribution is -0.111. The van der Waals surface area contributed by atoms with Gasteiger partial charge < -0.3 is 14.8 Å². The zero-order chi connectivity index (χ0) is 15.3. The van der Waals surface area contributed by atoms with E-state index in [1.807, 2.05) is 18.2 Å². The van der Waals surface area contributed by atoms with Crippen molar-refractivity contribution in [1.29, 1.82) is 0 Å². The van der Waals surface area contributed by atoms with Gasteiger partial charge in [0.1, 0.15) is 0 Å². The quantitative estimate of drug-likeness (QED) is 0.846. The Morgan fingerprint density at radius 2 is 2.00 bits per heavy atom. The van der Waals surface area contributed by atoms with Gasteiger partial charge in [-0.2, -0.15) is 0 Å². The summed E-state index contributed by atoms with van der Waals surface area (Å²) in [5.74, 6) is 0. The average molecular weight is 332 g/mol. The normalized spacial score (nSPS) is 19.4. The molecular weight excluding hydrogens is 309 g/mol. The summed E-state index contributed by atoms with van der Waals surface area (Å²) < 4.78 is 11.4. The Balaban J connectivity index is 2.33. The first-order valence-electron chi connectivity index (χ1n) is 7.44. The predicted octanol–water partition coefficient (Wildman–Crippen LogP) is 4.23. The van der Waals surface area contributed by atoms with Gasteiger partial charge in [0.15, 0.2) is 0 Å². The van der Waals surface area contributed by atoms with Crippen molar-refractivity contribution in [3.63, 3.8) is 0 Å². The van der Waals surface area contributed by atoms with E-state index in [0.29, 0.717) is 10.0 Å². The first kappa shape index (κ1) is 17.0. The first-order chi connectivity index (χ1) is 10.1. The summed E-state index contributed by atoms with van der Waals surface area (Å²) in [4.78, 5) is 0. The maximum Gasteiger partial charge on any atom is 0.0916 e. The van der Waals surface area contributed by atoms with Crippen molar-refractivity contribution in [3.05, 3.63) is 33.8 Å². The highest BCUT2D eigenvalue weighted by Gasteiger charge is 2.41. The smallest absolute Gasteiger partial charge is 0.0916 e. The van der Waals surface area contributed by atoms with Gasteiger partial charge in [0.2, 0.25) is 0 Å². The Labute approximate surface area is 136 Å². The molecular formula is C16H23Cl2NO2. The standard InChI is InChI=1S/C16H23Cl2NO2/c1-3-8-19-15(12-4-5-13(17)14(18)11-12)16(20-2)6-9-21-10-7-16/h4-5,11,15,19H,3,6-10H2,1-2H3. The number of methoxy groups -OCH3 is 1. The molecule has 0 saturated carbocycles. The van der Waals surface area contributed by atoms with E-state index < -0.39 is 0 Å². The zero-order valence-electron chi connectivity index (χ0n) is 12.6. The molecule has 1 fully saturated rings. The van der Waals surface area contributed by atoms with Gasteiger partial charge in [0, 0.05) is 33.2 Å². The fraction of sp³-hybridized carbons (Fsp3) is 0.625. The zero-order valence-corrected chi connectivity index (χ0v) is 14.1. The van der Waals surface area contributed by atoms with Crippen LogP contribution in [0.15, 0.2) is 18.2 Å². The van der Waals surface area contributed by atoms with E-state index in [2.05, 4.69) is 12.2 Å². The van der Waals surface area contributed by atoms with Gasteiger partial charge in [-0.05, 0) is 30.7 Å². The van der Waals surface area contributed by atoms with Gasteiger partial charge in [0.25, 0.3) is 0 Å². The van der Waals surface area contributed by atoms with Crippen LogP contribution in [0.5, 0.6) is 0 Å². The molecule has 0 bridgehead atoms. The molecule has 1 heterocycles. The third kappa shape index (κ3) is 3.91. The van der Waals surface area contributed by atoms with E-state index in [1.165, 1.54) is 0 Å². The molecule has 3 nitrogen and oxygen atoms in total. The van der Waals surface area contributed by atoms with E-state index in [4.69, 9.17) is 32.7 Å². The summed E-state index contributed by atoms with van der Waals surface area (Å²) in [6, 6.07) is 5.90. The van der Waals surface area contributed by atoms with Crippen LogP contribution in [-0.2, 0) is 9.47 Å². The minimum absolute atomic E-state index is 0.0844. The van der Waals surface area contributed by atoms with E-state index in [0.717, 1.165) is 44.6 Å². The summed E-state index contributed by atoms with van der Waals surface area (Å²) in [6.07, 6.45) is 2.80. The van der Waals surface area contributed by atoms with Crippen LogP contribution < -0.4 is 5.32 Å². The molecule has 1 aromatic carbocycles. The van der Waals surface area contributed by atoms with Gasteiger partial charge in [-0.25, -0.2) is 0 Å². The van der Waals surface area contributed by atoms with E-state index >= 15 is 0 Å². The van der Waals surface area contributed by atoms with Crippen LogP contribution in [-0.4, -0.2) is 32.5 Å². The topological polar surface area (TPSA) is 30.5 Å². The summed E-state index contributed by atoms with van der Waals surface area (Å²) in [7, 11) is 1.78. The predicted molar refractivity (Wildman–Crippen MR) is 87.3 cm³/mol. The summed E-state index contributed by atoms with van der Waals surface area (Å²) in [5, 5.41) is 4.77. The lowest BCUT2D eigenvalue weighted by Crippen LogP contribution is -2.49. The maximum atomic E-state index is 6.19. The lowest BCUT2D eigenvalue weighted by atomic mass is 9.82. The van der Waals surface area contributed by atoms with Gasteiger partial charge in [-0.1, -0.05) is 36.2 Å². The second-order valence-electron chi connectivity index (χ2n) is 5.44. The molecule has 2 rings (SSSR count). The average Bonchev–Trinajstić information content (AvgIpc) is 2.52. The van der Waals surface area contributed by atoms with Crippen molar-refractivity contribution in [3.8, 4) is 0 Å². The SMILES string of the molecule is CCCNC(c1ccc(Cl)c(Cl)c1)C1(OC)CCOCC1. The summed E-state index contributed by atoms with van der Waals surface area (Å²) >= 11 is 12.2. The molecule has 1 unspecified atom stereocenters. The number of hydrogen-bond acceptors (Lipinski definition) is 3. The molecule has 0 radical (unpaired) electrons. The van der Waals surface area contributed by atoms with E-state index in [1.54, 1.807) is 7.11 Å². The fourth-order valence-electron chi connectivity index (χ4n) is 2.92. The van der Waals surface area contributed by atoms with Crippen LogP contribution in [0.1, 0.15) is 37.8 Å². The largest absolute Gasteiger partial charge is 0.381 e. The van der Waals surface area contributed by atoms with Crippen molar-refractivity contribution >= 4 is 23.2 Å². The number of halogens is 2. The van der Waals surface area contributed by atoms with Crippen molar-refractivity contribution in [2.24, 2.45) is 0 Å². The highest BCUT2D eigenvalue weighted by atomic mass is 35.5. The summed E-state index contributed by atoms with van der Waals surface area (Å²) in [6.45, 7) is 4.53. The van der Waals surface area contributed by atoms with Gasteiger partial charge >= 0.3 is 0 Å². The number of ether oxygens (including phenoxy) is 2. The van der Waals surface area contributed by atoms with Gasteiger partial charge in [0.05, 0.1) is 21.7 Å². The second kappa shape index (κ2) is 7.80. The molecule has 1 aromatic rings. The molecule has 0 aliphatic carbocycles. The van der Waals surface area contributed by atoms with E-state index in [-0.39, 0.29) is 11.6 Å². The molecule has 0 spiro atoms. The third-order valence-corrected chi connectivity index (χ3v) is 4.89. The molecule has 118 valence electrons. The Bertz CT molecular complexity index is 462. The highest BCUT2D eigenvalue weighted by Crippen LogP contribution is 2.39. The monoisotopic (exact) mass is 331 g/mol. The number of rotatable bonds is 6. The molecule has 1 aliphatic rings. The fourth-order valence-corrected chi connectivity index (χ4v) is 3.22. The van der Waals surface area contributed by atoms with Crippen LogP contribution in [0, 0.1) is 0 Å². The molecule has 5 heteroatoms. The van der Waals surface area contributed by atoms with Crippen molar-refractivity contribution < 1.29 is 9.47 Å². The Kier molecular flexibility index (Phi) is 6.33. The van der Waals surface area contributed by atoms with Crippen molar-refractivity contribution in [2.75, 3.05) is 26.9 Å². The molecule has 1 aliphatic heterocycles. The Morgan fingerprint density at radius 3 is 2.57 bits per heavy atom. The van der Waals surface area contributed by atoms with Crippen molar-refractivity contribution in [2.45, 2.75) is 37.8 Å². The lowest BCUT2D eigenvalue weighted by Gasteiger charge is -2.43. The minimum Gasteiger partial charge on any atom is -0.381 e. The summed E-state index contributed by atoms with van der Waals surface area (Å²) in [5.41, 5.74) is 0.853. The van der Waals surface area contributed by atoms with E-state index in [9.17, 15) is 0 Å². The van der Waals surface area contributed by atoms with Gasteiger partial charge in [-0.3, -0.25) is 0 Å². The maximum absolute atomic E-state index is 6.19. The Hall–Kier alpha value is -0.320. The molecule has 21 heavy (non-hydrogen) atoms. The molecule has 1 atom stereocenters. The minimum atomic E-state index is -0.259. The van der Waals surface area contributed by atoms with Crippen molar-refractivity contribution in [1.82, 2.24) is 5.32 Å². The number of benzene rings is 1. The molecule has 0 aromatic heterocycles. The van der Waals surface area contributed by atoms with Crippen LogP contribution in [0.2, 0.25) is 10.0 Å². The molecule has 1 N–H and O–H groups in total. The van der Waals surface area contributed by atoms with Crippen LogP contribution in [0.3, 0.4) is 0 Å². The highest BCUT2D eigenvalue weighted by molar-refractivity contribution is 6.42.